The number of esters is 1. The molecule has 0 unspecified atom stereocenters. The van der Waals surface area contributed by atoms with Crippen LogP contribution in [0.4, 0.5) is 10.5 Å². The van der Waals surface area contributed by atoms with Crippen molar-refractivity contribution in [3.8, 4) is 5.75 Å². The number of benzene rings is 2. The Kier molecular flexibility index (Phi) is 8.10. The number of imide groups is 1. The van der Waals surface area contributed by atoms with Crippen LogP contribution in [0.2, 0.25) is 0 Å². The fraction of sp³-hybridized carbons (Fsp3) is 0.143. The summed E-state index contributed by atoms with van der Waals surface area (Å²) >= 11 is 7.43. The van der Waals surface area contributed by atoms with E-state index < -0.39 is 29.6 Å². The van der Waals surface area contributed by atoms with Gasteiger partial charge in [-0.2, -0.15) is 0 Å². The number of ether oxygens (including phenoxy) is 2. The van der Waals surface area contributed by atoms with Crippen molar-refractivity contribution in [2.45, 2.75) is 0 Å². The van der Waals surface area contributed by atoms with Crippen molar-refractivity contribution in [2.75, 3.05) is 25.6 Å². The second kappa shape index (κ2) is 10.8. The summed E-state index contributed by atoms with van der Waals surface area (Å²) in [5.41, 5.74) is 1.17. The Hall–Kier alpha value is -2.63. The van der Waals surface area contributed by atoms with E-state index in [2.05, 4.69) is 41.9 Å². The predicted octanol–water partition coefficient (Wildman–Crippen LogP) is 4.44. The largest absolute Gasteiger partial charge is 0.481 e. The van der Waals surface area contributed by atoms with Gasteiger partial charge < -0.3 is 14.8 Å². The summed E-state index contributed by atoms with van der Waals surface area (Å²) in [6.45, 7) is -0.637. The molecule has 3 amide bonds. The van der Waals surface area contributed by atoms with E-state index in [1.165, 1.54) is 7.11 Å². The molecule has 0 bridgehead atoms. The Labute approximate surface area is 204 Å². The molecule has 0 spiro atoms. The van der Waals surface area contributed by atoms with Crippen molar-refractivity contribution >= 4 is 78.4 Å². The van der Waals surface area contributed by atoms with Gasteiger partial charge in [-0.25, -0.2) is 4.79 Å². The second-order valence-electron chi connectivity index (χ2n) is 6.35. The molecule has 0 aromatic heterocycles. The third kappa shape index (κ3) is 5.99. The predicted molar refractivity (Wildman–Crippen MR) is 127 cm³/mol. The highest BCUT2D eigenvalue weighted by atomic mass is 79.9. The molecule has 2 aromatic rings. The van der Waals surface area contributed by atoms with Crippen molar-refractivity contribution < 1.29 is 28.7 Å². The lowest BCUT2D eigenvalue weighted by Gasteiger charge is -2.13. The first kappa shape index (κ1) is 24.0. The molecule has 0 saturated carbocycles. The molecule has 32 heavy (non-hydrogen) atoms. The highest BCUT2D eigenvalue weighted by molar-refractivity contribution is 9.11. The van der Waals surface area contributed by atoms with Gasteiger partial charge in [0.1, 0.15) is 12.3 Å². The van der Waals surface area contributed by atoms with Gasteiger partial charge in [-0.3, -0.25) is 19.3 Å². The number of nitrogens with zero attached hydrogens (tertiary/aromatic N) is 1. The number of carbonyl (C=O) groups is 4. The van der Waals surface area contributed by atoms with E-state index in [-0.39, 0.29) is 11.5 Å². The molecule has 1 aliphatic heterocycles. The molecule has 0 atom stereocenters. The number of hydrogen-bond acceptors (Lipinski definition) is 7. The molecule has 1 fully saturated rings. The Morgan fingerprint density at radius 2 is 1.88 bits per heavy atom. The number of hydrogen-bond donors (Lipinski definition) is 1. The molecule has 1 saturated heterocycles. The summed E-state index contributed by atoms with van der Waals surface area (Å²) in [5.74, 6) is -1.14. The molecule has 3 rings (SSSR count). The van der Waals surface area contributed by atoms with Gasteiger partial charge in [0.05, 0.1) is 22.2 Å². The van der Waals surface area contributed by atoms with Gasteiger partial charge in [0.2, 0.25) is 5.91 Å². The van der Waals surface area contributed by atoms with E-state index >= 15 is 0 Å². The highest BCUT2D eigenvalue weighted by Crippen LogP contribution is 2.34. The minimum atomic E-state index is -0.551. The van der Waals surface area contributed by atoms with Gasteiger partial charge in [-0.05, 0) is 79.5 Å². The third-order valence-electron chi connectivity index (χ3n) is 4.15. The number of para-hydroxylation sites is 1. The number of halogens is 2. The Morgan fingerprint density at radius 3 is 2.56 bits per heavy atom. The van der Waals surface area contributed by atoms with Crippen LogP contribution in [0.5, 0.6) is 5.75 Å². The topological polar surface area (TPSA) is 102 Å². The zero-order chi connectivity index (χ0) is 23.3. The van der Waals surface area contributed by atoms with E-state index in [9.17, 15) is 19.2 Å². The summed E-state index contributed by atoms with van der Waals surface area (Å²) in [7, 11) is 1.27. The maximum atomic E-state index is 12.7. The first-order valence-electron chi connectivity index (χ1n) is 9.07. The number of methoxy groups -OCH3 is 1. The van der Waals surface area contributed by atoms with Crippen LogP contribution in [-0.4, -0.2) is 48.2 Å². The zero-order valence-corrected chi connectivity index (χ0v) is 20.6. The van der Waals surface area contributed by atoms with Crippen molar-refractivity contribution in [2.24, 2.45) is 0 Å². The number of rotatable bonds is 7. The molecule has 2 aromatic carbocycles. The molecular weight excluding hydrogens is 568 g/mol. The molecule has 8 nitrogen and oxygen atoms in total. The van der Waals surface area contributed by atoms with E-state index in [0.717, 1.165) is 16.7 Å². The third-order valence-corrected chi connectivity index (χ3v) is 6.37. The summed E-state index contributed by atoms with van der Waals surface area (Å²) < 4.78 is 11.1. The Balaban J connectivity index is 1.67. The average molecular weight is 584 g/mol. The SMILES string of the molecule is COC(=O)COc1ccc(/C=C2/SC(=O)N(CC(=O)Nc3ccccc3Br)C2=O)cc1Br. The fourth-order valence-electron chi connectivity index (χ4n) is 2.60. The Morgan fingerprint density at radius 1 is 1.12 bits per heavy atom. The van der Waals surface area contributed by atoms with Crippen LogP contribution in [0.1, 0.15) is 5.56 Å². The van der Waals surface area contributed by atoms with Crippen LogP contribution < -0.4 is 10.1 Å². The molecule has 1 N–H and O–H groups in total. The monoisotopic (exact) mass is 582 g/mol. The number of carbonyl (C=O) groups excluding carboxylic acids is 4. The fourth-order valence-corrected chi connectivity index (χ4v) is 4.34. The molecular formula is C21H16Br2N2O6S. The molecule has 166 valence electrons. The van der Waals surface area contributed by atoms with Crippen molar-refractivity contribution in [1.29, 1.82) is 0 Å². The van der Waals surface area contributed by atoms with Crippen LogP contribution in [0.25, 0.3) is 6.08 Å². The van der Waals surface area contributed by atoms with Gasteiger partial charge >= 0.3 is 5.97 Å². The van der Waals surface area contributed by atoms with E-state index in [1.54, 1.807) is 48.5 Å². The first-order chi connectivity index (χ1) is 15.3. The average Bonchev–Trinajstić information content (AvgIpc) is 3.01. The lowest BCUT2D eigenvalue weighted by molar-refractivity contribution is -0.142. The smallest absolute Gasteiger partial charge is 0.343 e. The van der Waals surface area contributed by atoms with Crippen molar-refractivity contribution in [3.63, 3.8) is 0 Å². The van der Waals surface area contributed by atoms with E-state index in [0.29, 0.717) is 25.9 Å². The minimum absolute atomic E-state index is 0.193. The lowest BCUT2D eigenvalue weighted by Crippen LogP contribution is -2.36. The number of anilines is 1. The molecule has 1 aliphatic rings. The summed E-state index contributed by atoms with van der Waals surface area (Å²) in [4.78, 5) is 49.6. The number of nitrogens with one attached hydrogen (secondary N) is 1. The van der Waals surface area contributed by atoms with Crippen LogP contribution in [0.3, 0.4) is 0 Å². The number of amides is 3. The van der Waals surface area contributed by atoms with Gasteiger partial charge in [-0.1, -0.05) is 18.2 Å². The van der Waals surface area contributed by atoms with Crippen LogP contribution >= 0.6 is 43.6 Å². The van der Waals surface area contributed by atoms with Crippen LogP contribution in [-0.2, 0) is 19.1 Å². The van der Waals surface area contributed by atoms with E-state index in [4.69, 9.17) is 4.74 Å². The highest BCUT2D eigenvalue weighted by Gasteiger charge is 2.36. The lowest BCUT2D eigenvalue weighted by atomic mass is 10.2. The molecule has 0 aliphatic carbocycles. The molecule has 11 heteroatoms. The maximum absolute atomic E-state index is 12.7. The summed E-state index contributed by atoms with van der Waals surface area (Å²) in [6.07, 6.45) is 1.55. The summed E-state index contributed by atoms with van der Waals surface area (Å²) in [5, 5.41) is 2.14. The van der Waals surface area contributed by atoms with Crippen molar-refractivity contribution in [1.82, 2.24) is 4.90 Å². The summed E-state index contributed by atoms with van der Waals surface area (Å²) in [6, 6.07) is 12.0. The van der Waals surface area contributed by atoms with Gasteiger partial charge in [0, 0.05) is 4.47 Å². The second-order valence-corrected chi connectivity index (χ2v) is 9.05. The maximum Gasteiger partial charge on any atom is 0.343 e. The van der Waals surface area contributed by atoms with Gasteiger partial charge in [0.25, 0.3) is 11.1 Å². The van der Waals surface area contributed by atoms with Crippen LogP contribution in [0, 0.1) is 0 Å². The Bertz CT molecular complexity index is 1120. The molecule has 0 radical (unpaired) electrons. The quantitative estimate of drug-likeness (QED) is 0.380. The van der Waals surface area contributed by atoms with Crippen LogP contribution in [0.15, 0.2) is 56.3 Å². The normalized spacial score (nSPS) is 14.6. The molecule has 1 heterocycles. The number of thioether (sulfide) groups is 1. The zero-order valence-electron chi connectivity index (χ0n) is 16.6. The van der Waals surface area contributed by atoms with Crippen molar-refractivity contribution in [3.05, 3.63) is 61.9 Å². The van der Waals surface area contributed by atoms with Gasteiger partial charge in [0.15, 0.2) is 6.61 Å². The first-order valence-corrected chi connectivity index (χ1v) is 11.5. The van der Waals surface area contributed by atoms with Gasteiger partial charge in [-0.15, -0.1) is 0 Å². The van der Waals surface area contributed by atoms with E-state index in [1.807, 2.05) is 0 Å². The minimum Gasteiger partial charge on any atom is -0.481 e. The standard InChI is InChI=1S/C21H16Br2N2O6S/c1-30-19(27)11-31-16-7-6-12(8-14(16)23)9-17-20(28)25(21(29)32-17)10-18(26)24-15-5-3-2-4-13(15)22/h2-9H,10-11H2,1H3,(H,24,26)/b17-9+.